The third-order valence-corrected chi connectivity index (χ3v) is 4.66. The third kappa shape index (κ3) is 3.10. The van der Waals surface area contributed by atoms with Gasteiger partial charge in [-0.15, -0.1) is 5.10 Å². The maximum absolute atomic E-state index is 13.5. The van der Waals surface area contributed by atoms with Gasteiger partial charge in [-0.05, 0) is 55.7 Å². The number of aromatic amines is 1. The van der Waals surface area contributed by atoms with Crippen molar-refractivity contribution in [3.05, 3.63) is 58.5 Å². The summed E-state index contributed by atoms with van der Waals surface area (Å²) in [5.41, 5.74) is 3.76. The van der Waals surface area contributed by atoms with Crippen LogP contribution in [0.25, 0.3) is 10.9 Å². The molecule has 0 aliphatic carbocycles. The zero-order chi connectivity index (χ0) is 19.1. The van der Waals surface area contributed by atoms with Crippen LogP contribution in [-0.4, -0.2) is 25.3 Å². The van der Waals surface area contributed by atoms with Gasteiger partial charge in [0, 0.05) is 17.1 Å². The fourth-order valence-electron chi connectivity index (χ4n) is 2.99. The number of pyridine rings is 1. The summed E-state index contributed by atoms with van der Waals surface area (Å²) in [6, 6.07) is 4.79. The fraction of sp³-hybridized carbons (Fsp3) is 0.211. The van der Waals surface area contributed by atoms with Crippen LogP contribution in [0.2, 0.25) is 0 Å². The summed E-state index contributed by atoms with van der Waals surface area (Å²) < 4.78 is 19.2. The van der Waals surface area contributed by atoms with Gasteiger partial charge in [0.1, 0.15) is 17.4 Å². The number of aryl methyl sites for hydroxylation is 1. The summed E-state index contributed by atoms with van der Waals surface area (Å²) in [5, 5.41) is 21.8. The van der Waals surface area contributed by atoms with Crippen LogP contribution in [0.15, 0.2) is 28.8 Å². The van der Waals surface area contributed by atoms with Gasteiger partial charge in [0.05, 0.1) is 12.1 Å². The van der Waals surface area contributed by atoms with Gasteiger partial charge in [-0.2, -0.15) is 0 Å². The molecule has 4 aromatic rings. The van der Waals surface area contributed by atoms with Crippen LogP contribution in [0, 0.1) is 26.6 Å². The van der Waals surface area contributed by atoms with E-state index in [-0.39, 0.29) is 17.6 Å². The van der Waals surface area contributed by atoms with Crippen LogP contribution < -0.4 is 5.32 Å². The predicted molar refractivity (Wildman–Crippen MR) is 98.8 cm³/mol. The van der Waals surface area contributed by atoms with Gasteiger partial charge >= 0.3 is 6.01 Å². The molecular formula is C19H18FN5O2. The lowest BCUT2D eigenvalue weighted by atomic mass is 10.1. The number of aromatic hydroxyl groups is 1. The van der Waals surface area contributed by atoms with E-state index in [0.29, 0.717) is 23.8 Å². The van der Waals surface area contributed by atoms with E-state index < -0.39 is 0 Å². The van der Waals surface area contributed by atoms with Crippen molar-refractivity contribution in [2.75, 3.05) is 5.32 Å². The number of rotatable bonds is 4. The second-order valence-electron chi connectivity index (χ2n) is 6.45. The molecule has 0 radical (unpaired) electrons. The first-order valence-electron chi connectivity index (χ1n) is 8.44. The van der Waals surface area contributed by atoms with E-state index in [2.05, 4.69) is 25.5 Å². The van der Waals surface area contributed by atoms with Crippen molar-refractivity contribution in [3.63, 3.8) is 0 Å². The number of nitrogens with one attached hydrogen (secondary N) is 2. The van der Waals surface area contributed by atoms with E-state index in [1.807, 2.05) is 13.8 Å². The minimum atomic E-state index is -0.296. The van der Waals surface area contributed by atoms with E-state index in [4.69, 9.17) is 4.42 Å². The number of fused-ring (bicyclic) bond motifs is 1. The number of nitrogens with zero attached hydrogens (tertiary/aromatic N) is 3. The average Bonchev–Trinajstić information content (AvgIpc) is 3.25. The molecule has 7 nitrogen and oxygen atoms in total. The van der Waals surface area contributed by atoms with Crippen LogP contribution in [0.5, 0.6) is 5.75 Å². The van der Waals surface area contributed by atoms with Crippen LogP contribution >= 0.6 is 0 Å². The van der Waals surface area contributed by atoms with E-state index in [1.165, 1.54) is 12.1 Å². The molecule has 3 aromatic heterocycles. The summed E-state index contributed by atoms with van der Waals surface area (Å²) in [5.74, 6) is 0.825. The molecule has 0 atom stereocenters. The summed E-state index contributed by atoms with van der Waals surface area (Å²) >= 11 is 0. The van der Waals surface area contributed by atoms with Crippen molar-refractivity contribution < 1.29 is 13.9 Å². The Balaban J connectivity index is 1.58. The van der Waals surface area contributed by atoms with Crippen molar-refractivity contribution in [3.8, 4) is 5.75 Å². The Morgan fingerprint density at radius 2 is 2.00 bits per heavy atom. The second kappa shape index (κ2) is 6.39. The van der Waals surface area contributed by atoms with Crippen molar-refractivity contribution >= 4 is 22.7 Å². The van der Waals surface area contributed by atoms with E-state index in [9.17, 15) is 9.50 Å². The van der Waals surface area contributed by atoms with Crippen LogP contribution in [0.3, 0.4) is 0 Å². The molecular weight excluding hydrogens is 349 g/mol. The molecule has 0 amide bonds. The Morgan fingerprint density at radius 1 is 1.19 bits per heavy atom. The second-order valence-corrected chi connectivity index (χ2v) is 6.45. The Morgan fingerprint density at radius 3 is 2.81 bits per heavy atom. The van der Waals surface area contributed by atoms with Gasteiger partial charge in [-0.25, -0.2) is 9.37 Å². The van der Waals surface area contributed by atoms with Gasteiger partial charge < -0.3 is 14.5 Å². The number of hydrogen-bond donors (Lipinski definition) is 3. The first-order chi connectivity index (χ1) is 12.9. The molecule has 0 unspecified atom stereocenters. The molecule has 4 rings (SSSR count). The molecule has 0 aliphatic rings. The first kappa shape index (κ1) is 17.0. The van der Waals surface area contributed by atoms with Gasteiger partial charge in [0.15, 0.2) is 0 Å². The zero-order valence-corrected chi connectivity index (χ0v) is 15.1. The summed E-state index contributed by atoms with van der Waals surface area (Å²) in [6.07, 6.45) is 2.18. The summed E-state index contributed by atoms with van der Waals surface area (Å²) in [6.45, 7) is 5.39. The number of anilines is 2. The van der Waals surface area contributed by atoms with Gasteiger partial charge in [0.2, 0.25) is 5.89 Å². The molecule has 138 valence electrons. The van der Waals surface area contributed by atoms with Gasteiger partial charge in [-0.1, -0.05) is 5.10 Å². The molecule has 0 aliphatic heterocycles. The highest BCUT2D eigenvalue weighted by Gasteiger charge is 2.15. The Kier molecular flexibility index (Phi) is 4.02. The number of aromatic nitrogens is 4. The van der Waals surface area contributed by atoms with Crippen LogP contribution in [-0.2, 0) is 6.42 Å². The number of benzene rings is 1. The summed E-state index contributed by atoms with van der Waals surface area (Å²) in [4.78, 5) is 7.43. The quantitative estimate of drug-likeness (QED) is 0.503. The van der Waals surface area contributed by atoms with Crippen molar-refractivity contribution in [2.24, 2.45) is 0 Å². The highest BCUT2D eigenvalue weighted by Crippen LogP contribution is 2.29. The molecule has 0 fully saturated rings. The zero-order valence-electron chi connectivity index (χ0n) is 15.1. The molecule has 3 heterocycles. The Hall–Kier alpha value is -3.42. The number of halogens is 1. The highest BCUT2D eigenvalue weighted by atomic mass is 19.1. The third-order valence-electron chi connectivity index (χ3n) is 4.66. The lowest BCUT2D eigenvalue weighted by Crippen LogP contribution is -2.01. The highest BCUT2D eigenvalue weighted by molar-refractivity contribution is 5.83. The Labute approximate surface area is 154 Å². The smallest absolute Gasteiger partial charge is 0.321 e. The van der Waals surface area contributed by atoms with Crippen LogP contribution in [0.4, 0.5) is 16.2 Å². The molecule has 27 heavy (non-hydrogen) atoms. The topological polar surface area (TPSA) is 99.9 Å². The van der Waals surface area contributed by atoms with Gasteiger partial charge in [0.25, 0.3) is 0 Å². The molecule has 0 saturated carbocycles. The number of H-pyrrole nitrogens is 1. The van der Waals surface area contributed by atoms with E-state index in [1.54, 1.807) is 19.2 Å². The van der Waals surface area contributed by atoms with E-state index in [0.717, 1.165) is 27.6 Å². The predicted octanol–water partition coefficient (Wildman–Crippen LogP) is 4.05. The standard InChI is InChI=1S/C19H18FN5O2/c1-9-10(2)18(22-11(3)17(9)26)23-19-25-24-16(27-19)6-12-8-21-15-5-4-13(20)7-14(12)15/h4-5,7-8,21,26H,6H2,1-3H3,(H,22,23,25). The number of hydrogen-bond acceptors (Lipinski definition) is 6. The molecule has 3 N–H and O–H groups in total. The monoisotopic (exact) mass is 367 g/mol. The molecule has 0 spiro atoms. The van der Waals surface area contributed by atoms with Crippen molar-refractivity contribution in [1.82, 2.24) is 20.2 Å². The average molecular weight is 367 g/mol. The fourth-order valence-corrected chi connectivity index (χ4v) is 2.99. The Bertz CT molecular complexity index is 1150. The SMILES string of the molecule is Cc1nc(Nc2nnc(Cc3c[nH]c4ccc(F)cc34)o2)c(C)c(C)c1O. The molecule has 0 bridgehead atoms. The maximum atomic E-state index is 13.5. The molecule has 0 saturated heterocycles. The molecule has 1 aromatic carbocycles. The molecule has 8 heteroatoms. The van der Waals surface area contributed by atoms with Gasteiger partial charge in [-0.3, -0.25) is 5.32 Å². The van der Waals surface area contributed by atoms with Crippen LogP contribution in [0.1, 0.15) is 28.3 Å². The largest absolute Gasteiger partial charge is 0.506 e. The minimum absolute atomic E-state index is 0.177. The lowest BCUT2D eigenvalue weighted by Gasteiger charge is -2.11. The maximum Gasteiger partial charge on any atom is 0.321 e. The normalized spacial score (nSPS) is 11.3. The summed E-state index contributed by atoms with van der Waals surface area (Å²) in [7, 11) is 0. The van der Waals surface area contributed by atoms with E-state index >= 15 is 0 Å². The van der Waals surface area contributed by atoms with Crippen molar-refractivity contribution in [1.29, 1.82) is 0 Å². The minimum Gasteiger partial charge on any atom is -0.506 e. The first-order valence-corrected chi connectivity index (χ1v) is 8.44. The van der Waals surface area contributed by atoms with Crippen molar-refractivity contribution in [2.45, 2.75) is 27.2 Å². The lowest BCUT2D eigenvalue weighted by molar-refractivity contribution is 0.462.